The number of aromatic amines is 1. The number of likely N-dealkylation sites (tertiary alicyclic amines) is 2. The SMILES string of the molecule is CN(C)CCN1C[C@@]2(CCCN(C(=O)c3ccc(=O)[nH]c3)C2)CCC1=O. The molecule has 3 rings (SSSR count). The van der Waals surface area contributed by atoms with E-state index < -0.39 is 0 Å². The Balaban J connectivity index is 1.70. The summed E-state index contributed by atoms with van der Waals surface area (Å²) in [5.74, 6) is 0.179. The fourth-order valence-electron chi connectivity index (χ4n) is 4.07. The number of piperidine rings is 2. The lowest BCUT2D eigenvalue weighted by molar-refractivity contribution is -0.139. The lowest BCUT2D eigenvalue weighted by Gasteiger charge is -2.48. The second-order valence-corrected chi connectivity index (χ2v) is 7.89. The van der Waals surface area contributed by atoms with Crippen LogP contribution in [0.1, 0.15) is 36.0 Å². The first-order valence-corrected chi connectivity index (χ1v) is 9.29. The number of nitrogens with one attached hydrogen (secondary N) is 1. The van der Waals surface area contributed by atoms with E-state index >= 15 is 0 Å². The van der Waals surface area contributed by atoms with Crippen molar-refractivity contribution in [1.82, 2.24) is 19.7 Å². The summed E-state index contributed by atoms with van der Waals surface area (Å²) >= 11 is 0. The zero-order chi connectivity index (χ0) is 18.7. The Morgan fingerprint density at radius 2 is 2.04 bits per heavy atom. The highest BCUT2D eigenvalue weighted by atomic mass is 16.2. The number of H-pyrrole nitrogens is 1. The fraction of sp³-hybridized carbons (Fsp3) is 0.632. The number of hydrogen-bond donors (Lipinski definition) is 1. The van der Waals surface area contributed by atoms with Crippen LogP contribution in [0.4, 0.5) is 0 Å². The molecule has 1 atom stereocenters. The van der Waals surface area contributed by atoms with Gasteiger partial charge < -0.3 is 19.7 Å². The largest absolute Gasteiger partial charge is 0.341 e. The van der Waals surface area contributed by atoms with Crippen LogP contribution in [0.5, 0.6) is 0 Å². The number of likely N-dealkylation sites (N-methyl/N-ethyl adjacent to an activating group) is 1. The van der Waals surface area contributed by atoms with E-state index in [1.54, 1.807) is 6.07 Å². The molecule has 1 spiro atoms. The zero-order valence-electron chi connectivity index (χ0n) is 15.7. The second-order valence-electron chi connectivity index (χ2n) is 7.89. The molecule has 2 amide bonds. The van der Waals surface area contributed by atoms with Crippen molar-refractivity contribution in [2.24, 2.45) is 5.41 Å². The smallest absolute Gasteiger partial charge is 0.255 e. The number of rotatable bonds is 4. The maximum absolute atomic E-state index is 12.8. The van der Waals surface area contributed by atoms with Crippen LogP contribution in [0.15, 0.2) is 23.1 Å². The number of nitrogens with zero attached hydrogens (tertiary/aromatic N) is 3. The molecule has 0 unspecified atom stereocenters. The average molecular weight is 360 g/mol. The Kier molecular flexibility index (Phi) is 5.46. The Hall–Kier alpha value is -2.15. The van der Waals surface area contributed by atoms with Gasteiger partial charge in [0.2, 0.25) is 11.5 Å². The van der Waals surface area contributed by atoms with E-state index in [-0.39, 0.29) is 22.8 Å². The van der Waals surface area contributed by atoms with Gasteiger partial charge in [0.25, 0.3) is 5.91 Å². The maximum Gasteiger partial charge on any atom is 0.255 e. The monoisotopic (exact) mass is 360 g/mol. The molecule has 2 fully saturated rings. The van der Waals surface area contributed by atoms with E-state index in [4.69, 9.17) is 0 Å². The van der Waals surface area contributed by atoms with Gasteiger partial charge in [-0.1, -0.05) is 0 Å². The Morgan fingerprint density at radius 1 is 1.23 bits per heavy atom. The van der Waals surface area contributed by atoms with E-state index in [2.05, 4.69) is 9.88 Å². The van der Waals surface area contributed by atoms with Gasteiger partial charge in [-0.3, -0.25) is 14.4 Å². The first-order chi connectivity index (χ1) is 12.4. The minimum absolute atomic E-state index is 0.00365. The third kappa shape index (κ3) is 4.15. The fourth-order valence-corrected chi connectivity index (χ4v) is 4.07. The van der Waals surface area contributed by atoms with Gasteiger partial charge in [0.15, 0.2) is 0 Å². The van der Waals surface area contributed by atoms with Crippen LogP contribution in [0.2, 0.25) is 0 Å². The van der Waals surface area contributed by atoms with E-state index in [9.17, 15) is 14.4 Å². The first-order valence-electron chi connectivity index (χ1n) is 9.29. The third-order valence-corrected chi connectivity index (χ3v) is 5.55. The predicted molar refractivity (Wildman–Crippen MR) is 99.0 cm³/mol. The summed E-state index contributed by atoms with van der Waals surface area (Å²) in [6, 6.07) is 2.96. The molecule has 0 aliphatic carbocycles. The number of pyridine rings is 1. The number of amides is 2. The molecular weight excluding hydrogens is 332 g/mol. The highest BCUT2D eigenvalue weighted by molar-refractivity contribution is 5.94. The molecule has 26 heavy (non-hydrogen) atoms. The summed E-state index contributed by atoms with van der Waals surface area (Å²) in [5.41, 5.74) is 0.299. The van der Waals surface area contributed by atoms with Gasteiger partial charge in [0.1, 0.15) is 0 Å². The second kappa shape index (κ2) is 7.61. The van der Waals surface area contributed by atoms with E-state index in [1.807, 2.05) is 23.9 Å². The van der Waals surface area contributed by atoms with Gasteiger partial charge in [0, 0.05) is 56.8 Å². The van der Waals surface area contributed by atoms with Crippen molar-refractivity contribution in [3.05, 3.63) is 34.2 Å². The summed E-state index contributed by atoms with van der Waals surface area (Å²) in [6.45, 7) is 3.72. The molecule has 2 aliphatic heterocycles. The maximum atomic E-state index is 12.8. The number of carbonyl (C=O) groups excluding carboxylic acids is 2. The molecule has 3 heterocycles. The summed E-state index contributed by atoms with van der Waals surface area (Å²) in [6.07, 6.45) is 4.90. The third-order valence-electron chi connectivity index (χ3n) is 5.55. The zero-order valence-corrected chi connectivity index (χ0v) is 15.7. The molecule has 1 aromatic rings. The first kappa shape index (κ1) is 18.6. The molecule has 2 aliphatic rings. The number of carbonyl (C=O) groups is 2. The van der Waals surface area contributed by atoms with Gasteiger partial charge >= 0.3 is 0 Å². The lowest BCUT2D eigenvalue weighted by atomic mass is 9.73. The topological polar surface area (TPSA) is 76.7 Å². The minimum atomic E-state index is -0.209. The molecule has 7 nitrogen and oxygen atoms in total. The van der Waals surface area contributed by atoms with Crippen LogP contribution < -0.4 is 5.56 Å². The van der Waals surface area contributed by atoms with Crippen LogP contribution in [-0.4, -0.2) is 78.3 Å². The summed E-state index contributed by atoms with van der Waals surface area (Å²) < 4.78 is 0. The van der Waals surface area contributed by atoms with Gasteiger partial charge in [-0.2, -0.15) is 0 Å². The van der Waals surface area contributed by atoms with Gasteiger partial charge in [-0.15, -0.1) is 0 Å². The van der Waals surface area contributed by atoms with Gasteiger partial charge in [0.05, 0.1) is 5.56 Å². The standard InChI is InChI=1S/C19H28N4O3/c1-21(2)10-11-22-13-19(8-6-17(22)25)7-3-9-23(14-19)18(26)15-4-5-16(24)20-12-15/h4-5,12H,3,6-11,13-14H2,1-2H3,(H,20,24)/t19-/m1/s1. The Morgan fingerprint density at radius 3 is 2.73 bits per heavy atom. The van der Waals surface area contributed by atoms with Crippen molar-refractivity contribution in [3.63, 3.8) is 0 Å². The van der Waals surface area contributed by atoms with Crippen LogP contribution in [0, 0.1) is 5.41 Å². The lowest BCUT2D eigenvalue weighted by Crippen LogP contribution is -2.55. The van der Waals surface area contributed by atoms with Crippen molar-refractivity contribution in [1.29, 1.82) is 0 Å². The molecule has 1 N–H and O–H groups in total. The highest BCUT2D eigenvalue weighted by Gasteiger charge is 2.42. The van der Waals surface area contributed by atoms with Gasteiger partial charge in [-0.05, 0) is 39.4 Å². The van der Waals surface area contributed by atoms with Crippen molar-refractivity contribution in [3.8, 4) is 0 Å². The summed E-state index contributed by atoms with van der Waals surface area (Å²) in [7, 11) is 4.02. The molecule has 1 aromatic heterocycles. The molecule has 7 heteroatoms. The molecule has 0 aromatic carbocycles. The number of hydrogen-bond acceptors (Lipinski definition) is 4. The molecule has 2 saturated heterocycles. The van der Waals surface area contributed by atoms with Crippen molar-refractivity contribution < 1.29 is 9.59 Å². The van der Waals surface area contributed by atoms with Crippen LogP contribution in [-0.2, 0) is 4.79 Å². The minimum Gasteiger partial charge on any atom is -0.341 e. The Bertz CT molecular complexity index is 709. The van der Waals surface area contributed by atoms with Crippen LogP contribution >= 0.6 is 0 Å². The Labute approximate surface area is 154 Å². The quantitative estimate of drug-likeness (QED) is 0.861. The van der Waals surface area contributed by atoms with Gasteiger partial charge in [-0.25, -0.2) is 0 Å². The van der Waals surface area contributed by atoms with E-state index in [0.29, 0.717) is 18.5 Å². The molecule has 0 radical (unpaired) electrons. The normalized spacial score (nSPS) is 23.7. The van der Waals surface area contributed by atoms with Crippen LogP contribution in [0.3, 0.4) is 0 Å². The van der Waals surface area contributed by atoms with Crippen LogP contribution in [0.25, 0.3) is 0 Å². The number of aromatic nitrogens is 1. The van der Waals surface area contributed by atoms with E-state index in [1.165, 1.54) is 12.3 Å². The molecule has 0 bridgehead atoms. The molecule has 142 valence electrons. The van der Waals surface area contributed by atoms with E-state index in [0.717, 1.165) is 45.4 Å². The van der Waals surface area contributed by atoms with Crippen molar-refractivity contribution in [2.45, 2.75) is 25.7 Å². The molecule has 0 saturated carbocycles. The predicted octanol–water partition coefficient (Wildman–Crippen LogP) is 0.781. The summed E-state index contributed by atoms with van der Waals surface area (Å²) in [4.78, 5) is 44.8. The summed E-state index contributed by atoms with van der Waals surface area (Å²) in [5, 5.41) is 0. The molecular formula is C19H28N4O3. The van der Waals surface area contributed by atoms with Crippen molar-refractivity contribution in [2.75, 3.05) is 46.8 Å². The average Bonchev–Trinajstić information content (AvgIpc) is 2.63. The highest BCUT2D eigenvalue weighted by Crippen LogP contribution is 2.39. The van der Waals surface area contributed by atoms with Crippen molar-refractivity contribution >= 4 is 11.8 Å².